The van der Waals surface area contributed by atoms with Gasteiger partial charge in [-0.3, -0.25) is 10.1 Å². The van der Waals surface area contributed by atoms with Gasteiger partial charge in [-0.2, -0.15) is 4.68 Å². The van der Waals surface area contributed by atoms with Gasteiger partial charge < -0.3 is 10.1 Å². The number of benzene rings is 2. The van der Waals surface area contributed by atoms with E-state index in [9.17, 15) is 10.1 Å². The number of rotatable bonds is 4. The van der Waals surface area contributed by atoms with Crippen LogP contribution < -0.4 is 10.1 Å². The van der Waals surface area contributed by atoms with Crippen LogP contribution in [0.25, 0.3) is 5.70 Å². The zero-order valence-electron chi connectivity index (χ0n) is 13.7. The Labute approximate surface area is 148 Å². The van der Waals surface area contributed by atoms with Gasteiger partial charge >= 0.3 is 0 Å². The normalized spacial score (nSPS) is 15.6. The first-order valence-corrected chi connectivity index (χ1v) is 7.81. The second-order valence-electron chi connectivity index (χ2n) is 5.68. The summed E-state index contributed by atoms with van der Waals surface area (Å²) in [5.74, 6) is 1.23. The van der Waals surface area contributed by atoms with Crippen LogP contribution >= 0.6 is 0 Å². The maximum absolute atomic E-state index is 10.9. The third kappa shape index (κ3) is 2.75. The summed E-state index contributed by atoms with van der Waals surface area (Å²) in [6, 6.07) is 13.7. The lowest BCUT2D eigenvalue weighted by Crippen LogP contribution is -2.20. The molecule has 0 bridgehead atoms. The molecular formula is C17H14N6O3. The third-order valence-electron chi connectivity index (χ3n) is 4.15. The van der Waals surface area contributed by atoms with Crippen LogP contribution in [0.1, 0.15) is 17.2 Å². The largest absolute Gasteiger partial charge is 0.497 e. The molecule has 4 rings (SSSR count). The summed E-state index contributed by atoms with van der Waals surface area (Å²) in [7, 11) is 1.61. The quantitative estimate of drug-likeness (QED) is 0.569. The molecule has 0 unspecified atom stereocenters. The first kappa shape index (κ1) is 15.8. The number of nitrogens with zero attached hydrogens (tertiary/aromatic N) is 5. The summed E-state index contributed by atoms with van der Waals surface area (Å²) in [5.41, 5.74) is 2.63. The van der Waals surface area contributed by atoms with Crippen molar-refractivity contribution in [2.75, 3.05) is 12.4 Å². The average Bonchev–Trinajstić information content (AvgIpc) is 3.16. The summed E-state index contributed by atoms with van der Waals surface area (Å²) >= 11 is 0. The van der Waals surface area contributed by atoms with Gasteiger partial charge in [0.15, 0.2) is 0 Å². The number of aromatic nitrogens is 4. The van der Waals surface area contributed by atoms with E-state index in [-0.39, 0.29) is 11.7 Å². The summed E-state index contributed by atoms with van der Waals surface area (Å²) in [5, 5.41) is 25.8. The van der Waals surface area contributed by atoms with Crippen molar-refractivity contribution in [3.63, 3.8) is 0 Å². The Balaban J connectivity index is 1.76. The number of nitro groups is 1. The highest BCUT2D eigenvalue weighted by Crippen LogP contribution is 2.33. The van der Waals surface area contributed by atoms with Crippen LogP contribution in [0.15, 0.2) is 54.6 Å². The first-order valence-electron chi connectivity index (χ1n) is 7.81. The lowest BCUT2D eigenvalue weighted by molar-refractivity contribution is -0.384. The molecule has 3 aromatic rings. The van der Waals surface area contributed by atoms with Crippen molar-refractivity contribution in [1.82, 2.24) is 20.2 Å². The van der Waals surface area contributed by atoms with Gasteiger partial charge in [-0.15, -0.1) is 0 Å². The molecule has 9 heteroatoms. The van der Waals surface area contributed by atoms with E-state index in [0.717, 1.165) is 22.6 Å². The van der Waals surface area contributed by atoms with Crippen molar-refractivity contribution in [2.24, 2.45) is 0 Å². The van der Waals surface area contributed by atoms with Gasteiger partial charge in [0.2, 0.25) is 5.95 Å². The molecule has 9 nitrogen and oxygen atoms in total. The molecule has 0 fully saturated rings. The van der Waals surface area contributed by atoms with Gasteiger partial charge in [-0.05, 0) is 46.3 Å². The van der Waals surface area contributed by atoms with Crippen LogP contribution in [0.2, 0.25) is 0 Å². The number of nitrogens with one attached hydrogen (secondary N) is 1. The fourth-order valence-corrected chi connectivity index (χ4v) is 2.84. The second kappa shape index (κ2) is 6.28. The van der Waals surface area contributed by atoms with E-state index >= 15 is 0 Å². The molecule has 1 aromatic heterocycles. The number of methoxy groups -OCH3 is 1. The minimum absolute atomic E-state index is 0.0385. The first-order chi connectivity index (χ1) is 12.7. The highest BCUT2D eigenvalue weighted by atomic mass is 16.6. The van der Waals surface area contributed by atoms with E-state index in [2.05, 4.69) is 20.8 Å². The van der Waals surface area contributed by atoms with Gasteiger partial charge in [-0.1, -0.05) is 17.2 Å². The molecule has 1 atom stereocenters. The van der Waals surface area contributed by atoms with Crippen molar-refractivity contribution in [3.8, 4) is 5.75 Å². The number of hydrogen-bond acceptors (Lipinski definition) is 7. The minimum Gasteiger partial charge on any atom is -0.497 e. The van der Waals surface area contributed by atoms with Crippen molar-refractivity contribution in [1.29, 1.82) is 0 Å². The monoisotopic (exact) mass is 350 g/mol. The van der Waals surface area contributed by atoms with Crippen LogP contribution in [0, 0.1) is 10.1 Å². The number of ether oxygens (including phenoxy) is 1. The predicted octanol–water partition coefficient (Wildman–Crippen LogP) is 2.65. The molecule has 0 aliphatic carbocycles. The van der Waals surface area contributed by atoms with Gasteiger partial charge in [0, 0.05) is 23.4 Å². The van der Waals surface area contributed by atoms with Crippen LogP contribution in [0.3, 0.4) is 0 Å². The summed E-state index contributed by atoms with van der Waals surface area (Å²) in [6.07, 6.45) is 1.97. The maximum Gasteiger partial charge on any atom is 0.269 e. The SMILES string of the molecule is COc1cccc(C2=C[C@@H](c3ccc([N+](=O)[O-])cc3)n3nnnc3N2)c1. The molecule has 1 aliphatic heterocycles. The van der Waals surface area contributed by atoms with Crippen LogP contribution in [0.4, 0.5) is 11.6 Å². The van der Waals surface area contributed by atoms with Crippen molar-refractivity contribution in [3.05, 3.63) is 75.8 Å². The molecule has 2 aromatic carbocycles. The molecule has 0 saturated carbocycles. The summed E-state index contributed by atoms with van der Waals surface area (Å²) in [4.78, 5) is 10.5. The molecule has 0 spiro atoms. The number of anilines is 1. The van der Waals surface area contributed by atoms with E-state index in [0.29, 0.717) is 5.95 Å². The molecule has 0 saturated heterocycles. The van der Waals surface area contributed by atoms with E-state index in [1.54, 1.807) is 23.9 Å². The maximum atomic E-state index is 10.9. The Bertz CT molecular complexity index is 996. The van der Waals surface area contributed by atoms with Gasteiger partial charge in [0.05, 0.1) is 12.0 Å². The zero-order chi connectivity index (χ0) is 18.1. The Kier molecular flexibility index (Phi) is 3.81. The summed E-state index contributed by atoms with van der Waals surface area (Å²) in [6.45, 7) is 0. The number of nitro benzene ring substituents is 1. The van der Waals surface area contributed by atoms with Crippen LogP contribution in [-0.4, -0.2) is 32.2 Å². The molecule has 2 heterocycles. The smallest absolute Gasteiger partial charge is 0.269 e. The Morgan fingerprint density at radius 3 is 2.77 bits per heavy atom. The van der Waals surface area contributed by atoms with E-state index in [1.807, 2.05) is 30.3 Å². The number of allylic oxidation sites excluding steroid dienone is 1. The Morgan fingerprint density at radius 1 is 1.23 bits per heavy atom. The van der Waals surface area contributed by atoms with Crippen LogP contribution in [-0.2, 0) is 0 Å². The fourth-order valence-electron chi connectivity index (χ4n) is 2.84. The molecule has 1 aliphatic rings. The highest BCUT2D eigenvalue weighted by molar-refractivity contribution is 5.77. The number of non-ortho nitro benzene ring substituents is 1. The topological polar surface area (TPSA) is 108 Å². The number of hydrogen-bond donors (Lipinski definition) is 1. The number of fused-ring (bicyclic) bond motifs is 1. The third-order valence-corrected chi connectivity index (χ3v) is 4.15. The Morgan fingerprint density at radius 2 is 2.04 bits per heavy atom. The molecule has 0 amide bonds. The summed E-state index contributed by atoms with van der Waals surface area (Å²) < 4.78 is 6.91. The minimum atomic E-state index is -0.424. The molecule has 130 valence electrons. The van der Waals surface area contributed by atoms with Gasteiger partial charge in [0.25, 0.3) is 5.69 Å². The Hall–Kier alpha value is -3.75. The molecule has 1 N–H and O–H groups in total. The van der Waals surface area contributed by atoms with Gasteiger partial charge in [-0.25, -0.2) is 0 Å². The van der Waals surface area contributed by atoms with Crippen molar-refractivity contribution >= 4 is 17.3 Å². The highest BCUT2D eigenvalue weighted by Gasteiger charge is 2.24. The van der Waals surface area contributed by atoms with E-state index in [1.165, 1.54) is 12.1 Å². The second-order valence-corrected chi connectivity index (χ2v) is 5.68. The average molecular weight is 350 g/mol. The number of tetrazole rings is 1. The predicted molar refractivity (Wildman–Crippen MR) is 93.6 cm³/mol. The van der Waals surface area contributed by atoms with E-state index < -0.39 is 4.92 Å². The van der Waals surface area contributed by atoms with Crippen molar-refractivity contribution in [2.45, 2.75) is 6.04 Å². The zero-order valence-corrected chi connectivity index (χ0v) is 13.7. The molecule has 0 radical (unpaired) electrons. The lowest BCUT2D eigenvalue weighted by Gasteiger charge is -2.23. The van der Waals surface area contributed by atoms with Crippen molar-refractivity contribution < 1.29 is 9.66 Å². The van der Waals surface area contributed by atoms with Crippen LogP contribution in [0.5, 0.6) is 5.75 Å². The standard InChI is InChI=1S/C17H14N6O3/c1-26-14-4-2-3-12(9-14)15-10-16(22-17(18-15)19-20-21-22)11-5-7-13(8-6-11)23(24)25/h2-10,16H,1H3,(H,18,19,21)/t16-/m0/s1. The fraction of sp³-hybridized carbons (Fsp3) is 0.118. The lowest BCUT2D eigenvalue weighted by atomic mass is 10.0. The molecule has 26 heavy (non-hydrogen) atoms. The van der Waals surface area contributed by atoms with Gasteiger partial charge in [0.1, 0.15) is 11.8 Å². The molecular weight excluding hydrogens is 336 g/mol. The van der Waals surface area contributed by atoms with E-state index in [4.69, 9.17) is 4.74 Å².